The predicted molar refractivity (Wildman–Crippen MR) is 75.9 cm³/mol. The number of hydrogen-bond acceptors (Lipinski definition) is 3. The van der Waals surface area contributed by atoms with Crippen LogP contribution in [0.25, 0.3) is 10.9 Å². The third-order valence-corrected chi connectivity index (χ3v) is 3.82. The van der Waals surface area contributed by atoms with Gasteiger partial charge in [0.25, 0.3) is 0 Å². The number of aryl methyl sites for hydroxylation is 1. The molecular weight excluding hydrogens is 240 g/mol. The Kier molecular flexibility index (Phi) is 3.37. The number of para-hydroxylation sites is 1. The maximum absolute atomic E-state index is 11.7. The van der Waals surface area contributed by atoms with Crippen molar-refractivity contribution < 1.29 is 9.53 Å². The minimum absolute atomic E-state index is 0.391. The summed E-state index contributed by atoms with van der Waals surface area (Å²) in [5, 5.41) is 1.12. The molecular formula is C15H20N2O2. The smallest absolute Gasteiger partial charge is 0.323 e. The van der Waals surface area contributed by atoms with Gasteiger partial charge in [-0.25, -0.2) is 0 Å². The van der Waals surface area contributed by atoms with Crippen molar-refractivity contribution >= 4 is 16.9 Å². The number of methoxy groups -OCH3 is 1. The first kappa shape index (κ1) is 13.6. The Labute approximate surface area is 113 Å². The molecule has 4 nitrogen and oxygen atoms in total. The summed E-state index contributed by atoms with van der Waals surface area (Å²) >= 11 is 0. The molecule has 102 valence electrons. The van der Waals surface area contributed by atoms with E-state index in [0.29, 0.717) is 0 Å². The molecule has 0 bridgehead atoms. The number of esters is 1. The Morgan fingerprint density at radius 2 is 2.00 bits per heavy atom. The highest BCUT2D eigenvalue weighted by Gasteiger charge is 2.36. The van der Waals surface area contributed by atoms with Crippen LogP contribution in [-0.4, -0.2) is 23.7 Å². The fourth-order valence-corrected chi connectivity index (χ4v) is 2.44. The number of nitrogens with zero attached hydrogens (tertiary/aromatic N) is 1. The molecule has 0 radical (unpaired) electrons. The highest BCUT2D eigenvalue weighted by Crippen LogP contribution is 2.33. The first-order valence-electron chi connectivity index (χ1n) is 6.27. The number of benzene rings is 1. The van der Waals surface area contributed by atoms with Crippen molar-refractivity contribution in [3.05, 3.63) is 36.0 Å². The molecule has 0 spiro atoms. The van der Waals surface area contributed by atoms with Crippen LogP contribution in [0.1, 0.15) is 19.4 Å². The molecule has 1 aromatic carbocycles. The van der Waals surface area contributed by atoms with E-state index in [9.17, 15) is 4.79 Å². The van der Waals surface area contributed by atoms with Gasteiger partial charge in [0.1, 0.15) is 6.04 Å². The van der Waals surface area contributed by atoms with Crippen LogP contribution in [0.2, 0.25) is 0 Å². The minimum atomic E-state index is -0.691. The van der Waals surface area contributed by atoms with Crippen LogP contribution in [0.15, 0.2) is 30.5 Å². The Balaban J connectivity index is 2.57. The number of nitrogens with two attached hydrogens (primary N) is 1. The fourth-order valence-electron chi connectivity index (χ4n) is 2.44. The fraction of sp³-hybridized carbons (Fsp3) is 0.400. The second-order valence-corrected chi connectivity index (χ2v) is 5.39. The topological polar surface area (TPSA) is 57.2 Å². The van der Waals surface area contributed by atoms with Gasteiger partial charge in [-0.3, -0.25) is 4.79 Å². The van der Waals surface area contributed by atoms with Gasteiger partial charge in [-0.15, -0.1) is 0 Å². The molecule has 0 saturated heterocycles. The van der Waals surface area contributed by atoms with Gasteiger partial charge in [0.05, 0.1) is 7.11 Å². The summed E-state index contributed by atoms with van der Waals surface area (Å²) in [7, 11) is 3.35. The van der Waals surface area contributed by atoms with Crippen molar-refractivity contribution in [3.8, 4) is 0 Å². The molecule has 0 aliphatic heterocycles. The number of carbonyl (C=O) groups is 1. The molecule has 0 aliphatic rings. The van der Waals surface area contributed by atoms with E-state index >= 15 is 0 Å². The largest absolute Gasteiger partial charge is 0.468 e. The molecule has 0 amide bonds. The molecule has 0 aliphatic carbocycles. The lowest BCUT2D eigenvalue weighted by molar-refractivity contribution is -0.143. The zero-order valence-electron chi connectivity index (χ0n) is 11.8. The average molecular weight is 260 g/mol. The maximum atomic E-state index is 11.7. The lowest BCUT2D eigenvalue weighted by Crippen LogP contribution is -2.47. The number of ether oxygens (including phenoxy) is 1. The molecule has 2 aromatic rings. The molecule has 19 heavy (non-hydrogen) atoms. The van der Waals surface area contributed by atoms with Crippen LogP contribution in [0, 0.1) is 0 Å². The zero-order chi connectivity index (χ0) is 14.2. The van der Waals surface area contributed by atoms with Crippen LogP contribution in [0.4, 0.5) is 0 Å². The van der Waals surface area contributed by atoms with E-state index in [2.05, 4.69) is 16.7 Å². The van der Waals surface area contributed by atoms with Crippen LogP contribution in [0.3, 0.4) is 0 Å². The Bertz CT molecular complexity index is 614. The molecule has 1 unspecified atom stereocenters. The summed E-state index contributed by atoms with van der Waals surface area (Å²) in [6.45, 7) is 3.94. The molecule has 2 rings (SSSR count). The van der Waals surface area contributed by atoms with Gasteiger partial charge in [-0.2, -0.15) is 0 Å². The Hall–Kier alpha value is -1.81. The summed E-state index contributed by atoms with van der Waals surface area (Å²) in [4.78, 5) is 11.7. The Morgan fingerprint density at radius 3 is 2.63 bits per heavy atom. The van der Waals surface area contributed by atoms with E-state index in [1.807, 2.05) is 39.2 Å². The van der Waals surface area contributed by atoms with Crippen molar-refractivity contribution in [2.24, 2.45) is 12.8 Å². The third kappa shape index (κ3) is 2.12. The standard InChI is InChI=1S/C15H20N2O2/c1-15(2,13(16)14(18)19-4)11-9-17(3)12-8-6-5-7-10(11)12/h5-9,13H,16H2,1-4H3. The van der Waals surface area contributed by atoms with Gasteiger partial charge in [-0.05, 0) is 11.6 Å². The predicted octanol–water partition coefficient (Wildman–Crippen LogP) is 1.96. The quantitative estimate of drug-likeness (QED) is 0.858. The second kappa shape index (κ2) is 4.70. The second-order valence-electron chi connectivity index (χ2n) is 5.39. The summed E-state index contributed by atoms with van der Waals surface area (Å²) in [6.07, 6.45) is 2.04. The maximum Gasteiger partial charge on any atom is 0.323 e. The SMILES string of the molecule is COC(=O)C(N)C(C)(C)c1cn(C)c2ccccc12. The van der Waals surface area contributed by atoms with E-state index in [1.165, 1.54) is 7.11 Å². The van der Waals surface area contributed by atoms with Crippen LogP contribution in [-0.2, 0) is 22.0 Å². The van der Waals surface area contributed by atoms with Crippen LogP contribution < -0.4 is 5.73 Å². The van der Waals surface area contributed by atoms with E-state index < -0.39 is 17.4 Å². The summed E-state index contributed by atoms with van der Waals surface area (Å²) < 4.78 is 6.82. The monoisotopic (exact) mass is 260 g/mol. The van der Waals surface area contributed by atoms with Crippen molar-refractivity contribution in [1.29, 1.82) is 0 Å². The number of hydrogen-bond donors (Lipinski definition) is 1. The van der Waals surface area contributed by atoms with Crippen molar-refractivity contribution in [2.75, 3.05) is 7.11 Å². The van der Waals surface area contributed by atoms with E-state index in [1.54, 1.807) is 0 Å². The van der Waals surface area contributed by atoms with E-state index in [0.717, 1.165) is 16.5 Å². The van der Waals surface area contributed by atoms with Crippen molar-refractivity contribution in [3.63, 3.8) is 0 Å². The highest BCUT2D eigenvalue weighted by atomic mass is 16.5. The van der Waals surface area contributed by atoms with Gasteiger partial charge >= 0.3 is 5.97 Å². The molecule has 1 atom stereocenters. The minimum Gasteiger partial charge on any atom is -0.468 e. The van der Waals surface area contributed by atoms with Crippen molar-refractivity contribution in [2.45, 2.75) is 25.3 Å². The normalized spacial score (nSPS) is 13.5. The zero-order valence-corrected chi connectivity index (χ0v) is 11.8. The van der Waals surface area contributed by atoms with Gasteiger partial charge in [0.2, 0.25) is 0 Å². The first-order chi connectivity index (χ1) is 8.89. The molecule has 2 N–H and O–H groups in total. The summed E-state index contributed by atoms with van der Waals surface area (Å²) in [6, 6.07) is 7.41. The van der Waals surface area contributed by atoms with E-state index in [4.69, 9.17) is 10.5 Å². The number of aromatic nitrogens is 1. The summed E-state index contributed by atoms with van der Waals surface area (Å²) in [5.41, 5.74) is 7.75. The molecule has 1 heterocycles. The molecule has 0 saturated carbocycles. The molecule has 0 fully saturated rings. The number of carbonyl (C=O) groups excluding carboxylic acids is 1. The van der Waals surface area contributed by atoms with E-state index in [-0.39, 0.29) is 0 Å². The summed E-state index contributed by atoms with van der Waals surface area (Å²) in [5.74, 6) is -0.391. The number of fused-ring (bicyclic) bond motifs is 1. The van der Waals surface area contributed by atoms with Gasteiger partial charge in [-0.1, -0.05) is 32.0 Å². The van der Waals surface area contributed by atoms with Crippen LogP contribution >= 0.6 is 0 Å². The average Bonchev–Trinajstić information content (AvgIpc) is 2.75. The first-order valence-corrected chi connectivity index (χ1v) is 6.27. The van der Waals surface area contributed by atoms with Crippen LogP contribution in [0.5, 0.6) is 0 Å². The molecule has 1 aromatic heterocycles. The van der Waals surface area contributed by atoms with Gasteiger partial charge < -0.3 is 15.0 Å². The Morgan fingerprint density at radius 1 is 1.37 bits per heavy atom. The van der Waals surface area contributed by atoms with Gasteiger partial charge in [0, 0.05) is 29.6 Å². The lowest BCUT2D eigenvalue weighted by Gasteiger charge is -2.29. The van der Waals surface area contributed by atoms with Gasteiger partial charge in [0.15, 0.2) is 0 Å². The molecule has 4 heteroatoms. The number of rotatable bonds is 3. The lowest BCUT2D eigenvalue weighted by atomic mass is 9.78. The van der Waals surface area contributed by atoms with Crippen molar-refractivity contribution in [1.82, 2.24) is 4.57 Å². The highest BCUT2D eigenvalue weighted by molar-refractivity contribution is 5.87. The third-order valence-electron chi connectivity index (χ3n) is 3.82.